The van der Waals surface area contributed by atoms with Crippen LogP contribution in [0.4, 0.5) is 28.8 Å². The van der Waals surface area contributed by atoms with E-state index in [9.17, 15) is 4.57 Å². The second-order valence-corrected chi connectivity index (χ2v) is 16.6. The molecule has 2 aromatic heterocycles. The normalized spacial score (nSPS) is 17.0. The lowest BCUT2D eigenvalue weighted by Gasteiger charge is -2.39. The van der Waals surface area contributed by atoms with E-state index in [1.807, 2.05) is 24.3 Å². The Balaban J connectivity index is 1.22. The highest BCUT2D eigenvalue weighted by Crippen LogP contribution is 2.42. The second kappa shape index (κ2) is 14.3. The summed E-state index contributed by atoms with van der Waals surface area (Å²) in [6.07, 6.45) is 10.3. The Hall–Kier alpha value is -3.57. The lowest BCUT2D eigenvalue weighted by molar-refractivity contribution is 0.174. The van der Waals surface area contributed by atoms with Crippen molar-refractivity contribution in [3.63, 3.8) is 0 Å². The lowest BCUT2D eigenvalue weighted by Crippen LogP contribution is -2.46. The maximum atomic E-state index is 13.4. The van der Waals surface area contributed by atoms with Gasteiger partial charge in [0.05, 0.1) is 33.8 Å². The van der Waals surface area contributed by atoms with Gasteiger partial charge in [0.1, 0.15) is 24.2 Å². The number of ether oxygens (including phenoxy) is 1. The quantitative estimate of drug-likeness (QED) is 0.194. The van der Waals surface area contributed by atoms with Crippen LogP contribution < -0.4 is 25.6 Å². The summed E-state index contributed by atoms with van der Waals surface area (Å²) in [5.74, 6) is 1.58. The standard InChI is InChI=1S/C34H43BrN9O2P/c1-6-23-20-28(30(46-3)21-29(23)44-16-10-24(11-17-44)43-15-7-14-42(2)18-19-43)40-34-38-22-25(35)33(41-34)39-27-9-8-26-31(37-13-12-36-26)32(27)47(4,5)45/h6,8-9,12-13,20-22,24H,1,7,10-11,14-19H2,2-5H3,(H2,38,39,40,41). The van der Waals surface area contributed by atoms with Gasteiger partial charge in [0, 0.05) is 62.6 Å². The van der Waals surface area contributed by atoms with Crippen LogP contribution in [-0.2, 0) is 4.57 Å². The molecule has 0 atom stereocenters. The second-order valence-electron chi connectivity index (χ2n) is 12.6. The number of rotatable bonds is 9. The summed E-state index contributed by atoms with van der Waals surface area (Å²) in [5, 5.41) is 7.34. The third-order valence-corrected chi connectivity index (χ3v) is 11.2. The van der Waals surface area contributed by atoms with Gasteiger partial charge in [-0.1, -0.05) is 12.7 Å². The van der Waals surface area contributed by atoms with Gasteiger partial charge in [0.2, 0.25) is 5.95 Å². The largest absolute Gasteiger partial charge is 0.494 e. The zero-order valence-electron chi connectivity index (χ0n) is 27.5. The molecule has 0 radical (unpaired) electrons. The Morgan fingerprint density at radius 2 is 1.79 bits per heavy atom. The Morgan fingerprint density at radius 1 is 1.00 bits per heavy atom. The summed E-state index contributed by atoms with van der Waals surface area (Å²) in [5.41, 5.74) is 4.81. The molecule has 0 bridgehead atoms. The number of hydrogen-bond acceptors (Lipinski definition) is 11. The van der Waals surface area contributed by atoms with E-state index < -0.39 is 7.14 Å². The summed E-state index contributed by atoms with van der Waals surface area (Å²) in [4.78, 5) is 25.8. The van der Waals surface area contributed by atoms with Crippen molar-refractivity contribution in [1.29, 1.82) is 0 Å². The van der Waals surface area contributed by atoms with Crippen LogP contribution in [0.5, 0.6) is 5.75 Å². The number of halogens is 1. The van der Waals surface area contributed by atoms with Gasteiger partial charge in [-0.3, -0.25) is 14.9 Å². The molecule has 13 heteroatoms. The Bertz CT molecular complexity index is 1810. The molecule has 4 heterocycles. The summed E-state index contributed by atoms with van der Waals surface area (Å²) < 4.78 is 19.9. The minimum Gasteiger partial charge on any atom is -0.494 e. The molecule has 2 saturated heterocycles. The van der Waals surface area contributed by atoms with Gasteiger partial charge in [-0.15, -0.1) is 0 Å². The fourth-order valence-electron chi connectivity index (χ4n) is 6.62. The van der Waals surface area contributed by atoms with Crippen LogP contribution in [0, 0.1) is 0 Å². The van der Waals surface area contributed by atoms with Crippen molar-refractivity contribution in [3.05, 3.63) is 59.5 Å². The molecular weight excluding hydrogens is 677 g/mol. The first kappa shape index (κ1) is 33.3. The van der Waals surface area contributed by atoms with Crippen LogP contribution in [0.15, 0.2) is 53.9 Å². The molecule has 6 rings (SSSR count). The van der Waals surface area contributed by atoms with Crippen molar-refractivity contribution in [2.45, 2.75) is 25.3 Å². The molecule has 2 aliphatic heterocycles. The third kappa shape index (κ3) is 7.46. The number of nitrogens with zero attached hydrogens (tertiary/aromatic N) is 7. The number of benzene rings is 2. The first-order valence-electron chi connectivity index (χ1n) is 16.0. The summed E-state index contributed by atoms with van der Waals surface area (Å²) in [6, 6.07) is 8.48. The molecule has 2 aliphatic rings. The van der Waals surface area contributed by atoms with Crippen molar-refractivity contribution in [1.82, 2.24) is 29.7 Å². The van der Waals surface area contributed by atoms with Crippen LogP contribution in [0.1, 0.15) is 24.8 Å². The van der Waals surface area contributed by atoms with E-state index in [2.05, 4.69) is 75.9 Å². The summed E-state index contributed by atoms with van der Waals surface area (Å²) in [6.45, 7) is 14.2. The molecule has 0 amide bonds. The minimum absolute atomic E-state index is 0.374. The number of nitrogens with one attached hydrogen (secondary N) is 2. The first-order chi connectivity index (χ1) is 22.6. The highest BCUT2D eigenvalue weighted by molar-refractivity contribution is 9.10. The smallest absolute Gasteiger partial charge is 0.229 e. The molecular formula is C34H43BrN9O2P. The molecule has 47 heavy (non-hydrogen) atoms. The summed E-state index contributed by atoms with van der Waals surface area (Å²) >= 11 is 3.58. The molecule has 0 spiro atoms. The van der Waals surface area contributed by atoms with E-state index in [0.717, 1.165) is 56.0 Å². The van der Waals surface area contributed by atoms with E-state index in [4.69, 9.17) is 9.72 Å². The van der Waals surface area contributed by atoms with E-state index >= 15 is 0 Å². The van der Waals surface area contributed by atoms with Crippen LogP contribution in [-0.4, -0.2) is 103 Å². The van der Waals surface area contributed by atoms with E-state index in [-0.39, 0.29) is 0 Å². The van der Waals surface area contributed by atoms with Crippen LogP contribution >= 0.6 is 23.1 Å². The molecule has 2 aromatic carbocycles. The molecule has 0 unspecified atom stereocenters. The molecule has 2 fully saturated rings. The fourth-order valence-corrected chi connectivity index (χ4v) is 8.31. The van der Waals surface area contributed by atoms with Crippen LogP contribution in [0.2, 0.25) is 0 Å². The van der Waals surface area contributed by atoms with E-state index in [0.29, 0.717) is 50.1 Å². The maximum absolute atomic E-state index is 13.4. The van der Waals surface area contributed by atoms with Crippen molar-refractivity contribution in [2.75, 3.05) is 82.3 Å². The van der Waals surface area contributed by atoms with Gasteiger partial charge < -0.3 is 29.7 Å². The average Bonchev–Trinajstić information content (AvgIpc) is 3.29. The number of likely N-dealkylation sites (N-methyl/N-ethyl adjacent to an activating group) is 1. The number of aromatic nitrogens is 4. The number of hydrogen-bond donors (Lipinski definition) is 2. The minimum atomic E-state index is -2.74. The molecule has 248 valence electrons. The van der Waals surface area contributed by atoms with Gasteiger partial charge in [-0.05, 0) is 92.4 Å². The van der Waals surface area contributed by atoms with Crippen LogP contribution in [0.25, 0.3) is 17.1 Å². The zero-order chi connectivity index (χ0) is 33.1. The van der Waals surface area contributed by atoms with Gasteiger partial charge >= 0.3 is 0 Å². The van der Waals surface area contributed by atoms with Gasteiger partial charge in [-0.25, -0.2) is 4.98 Å². The molecule has 11 nitrogen and oxygen atoms in total. The highest BCUT2D eigenvalue weighted by atomic mass is 79.9. The predicted molar refractivity (Wildman–Crippen MR) is 197 cm³/mol. The Kier molecular flexibility index (Phi) is 10.1. The molecule has 0 aliphatic carbocycles. The maximum Gasteiger partial charge on any atom is 0.229 e. The monoisotopic (exact) mass is 719 g/mol. The summed E-state index contributed by atoms with van der Waals surface area (Å²) in [7, 11) is 1.15. The SMILES string of the molecule is C=Cc1cc(Nc2ncc(Br)c(Nc3ccc4nccnc4c3P(C)(C)=O)n2)c(OC)cc1N1CCC(N2CCCN(C)CC2)CC1. The molecule has 4 aromatic rings. The van der Waals surface area contributed by atoms with E-state index in [1.54, 1.807) is 39.0 Å². The zero-order valence-corrected chi connectivity index (χ0v) is 30.0. The Morgan fingerprint density at radius 3 is 2.53 bits per heavy atom. The number of anilines is 5. The van der Waals surface area contributed by atoms with Crippen molar-refractivity contribution in [2.24, 2.45) is 0 Å². The van der Waals surface area contributed by atoms with Crippen molar-refractivity contribution < 1.29 is 9.30 Å². The lowest BCUT2D eigenvalue weighted by atomic mass is 10.0. The van der Waals surface area contributed by atoms with E-state index in [1.165, 1.54) is 19.5 Å². The fraction of sp³-hybridized carbons (Fsp3) is 0.412. The van der Waals surface area contributed by atoms with Gasteiger partial charge in [-0.2, -0.15) is 4.98 Å². The van der Waals surface area contributed by atoms with Crippen LogP contribution in [0.3, 0.4) is 0 Å². The van der Waals surface area contributed by atoms with Gasteiger partial charge in [0.15, 0.2) is 0 Å². The van der Waals surface area contributed by atoms with Gasteiger partial charge in [0.25, 0.3) is 0 Å². The molecule has 2 N–H and O–H groups in total. The number of methoxy groups -OCH3 is 1. The van der Waals surface area contributed by atoms with Crippen molar-refractivity contribution in [3.8, 4) is 5.75 Å². The first-order valence-corrected chi connectivity index (χ1v) is 19.4. The Labute approximate surface area is 285 Å². The third-order valence-electron chi connectivity index (χ3n) is 9.04. The number of piperidine rings is 1. The van der Waals surface area contributed by atoms with Crippen molar-refractivity contribution >= 4 is 74.3 Å². The highest BCUT2D eigenvalue weighted by Gasteiger charge is 2.27. The average molecular weight is 721 g/mol. The predicted octanol–water partition coefficient (Wildman–Crippen LogP) is 6.18. The molecule has 0 saturated carbocycles. The topological polar surface area (TPSA) is 112 Å². The number of fused-ring (bicyclic) bond motifs is 1.